The molecular formula is C7H8N4O. The van der Waals surface area contributed by atoms with E-state index in [1.165, 1.54) is 6.07 Å². The molecule has 0 aromatic carbocycles. The maximum atomic E-state index is 10.7. The second-order valence-corrected chi connectivity index (χ2v) is 2.37. The van der Waals surface area contributed by atoms with Gasteiger partial charge in [0.1, 0.15) is 11.8 Å². The maximum Gasteiger partial charge on any atom is 0.267 e. The third-order valence-electron chi connectivity index (χ3n) is 1.66. The fourth-order valence-electron chi connectivity index (χ4n) is 0.924. The van der Waals surface area contributed by atoms with Crippen LogP contribution in [0.4, 0.5) is 0 Å². The van der Waals surface area contributed by atoms with Crippen molar-refractivity contribution in [2.75, 3.05) is 5.84 Å². The van der Waals surface area contributed by atoms with Crippen LogP contribution in [0.5, 0.6) is 0 Å². The fraction of sp³-hybridized carbons (Fsp3) is 0.143. The molecule has 12 heavy (non-hydrogen) atoms. The standard InChI is InChI=1S/C7H8N4O/c1-4-5(3-8)2-6(7(9)12)11(4)10/h2H,10H2,1H3,(H2,9,12). The highest BCUT2D eigenvalue weighted by Gasteiger charge is 2.12. The van der Waals surface area contributed by atoms with Crippen molar-refractivity contribution in [2.24, 2.45) is 5.73 Å². The number of nitrogens with zero attached hydrogens (tertiary/aromatic N) is 2. The lowest BCUT2D eigenvalue weighted by Gasteiger charge is -1.99. The Labute approximate surface area is 69.1 Å². The molecule has 1 rings (SSSR count). The predicted molar refractivity (Wildman–Crippen MR) is 42.6 cm³/mol. The van der Waals surface area contributed by atoms with Gasteiger partial charge in [0.15, 0.2) is 0 Å². The van der Waals surface area contributed by atoms with Crippen LogP contribution in [0.1, 0.15) is 21.7 Å². The molecule has 0 aliphatic carbocycles. The van der Waals surface area contributed by atoms with Crippen molar-refractivity contribution in [3.63, 3.8) is 0 Å². The van der Waals surface area contributed by atoms with Gasteiger partial charge in [0, 0.05) is 0 Å². The summed E-state index contributed by atoms with van der Waals surface area (Å²) in [6, 6.07) is 3.28. The Morgan fingerprint density at radius 3 is 2.58 bits per heavy atom. The molecule has 5 heteroatoms. The Balaban J connectivity index is 3.37. The van der Waals surface area contributed by atoms with Crippen LogP contribution in [0.3, 0.4) is 0 Å². The summed E-state index contributed by atoms with van der Waals surface area (Å²) < 4.78 is 1.11. The first-order valence-corrected chi connectivity index (χ1v) is 3.25. The lowest BCUT2D eigenvalue weighted by molar-refractivity contribution is 0.0993. The highest BCUT2D eigenvalue weighted by atomic mass is 16.1. The van der Waals surface area contributed by atoms with Crippen LogP contribution in [0.2, 0.25) is 0 Å². The van der Waals surface area contributed by atoms with Gasteiger partial charge in [-0.1, -0.05) is 0 Å². The third-order valence-corrected chi connectivity index (χ3v) is 1.66. The molecule has 0 radical (unpaired) electrons. The number of nitrogens with two attached hydrogens (primary N) is 2. The van der Waals surface area contributed by atoms with E-state index >= 15 is 0 Å². The Bertz CT molecular complexity index is 371. The van der Waals surface area contributed by atoms with Crippen molar-refractivity contribution in [1.29, 1.82) is 5.26 Å². The van der Waals surface area contributed by atoms with E-state index in [0.29, 0.717) is 11.3 Å². The number of aromatic nitrogens is 1. The summed E-state index contributed by atoms with van der Waals surface area (Å²) in [5, 5.41) is 8.57. The molecule has 4 N–H and O–H groups in total. The quantitative estimate of drug-likeness (QED) is 0.546. The molecular weight excluding hydrogens is 156 g/mol. The van der Waals surface area contributed by atoms with Crippen molar-refractivity contribution in [1.82, 2.24) is 4.68 Å². The largest absolute Gasteiger partial charge is 0.364 e. The highest BCUT2D eigenvalue weighted by Crippen LogP contribution is 2.10. The normalized spacial score (nSPS) is 9.33. The molecule has 0 unspecified atom stereocenters. The summed E-state index contributed by atoms with van der Waals surface area (Å²) in [4.78, 5) is 10.7. The van der Waals surface area contributed by atoms with Crippen molar-refractivity contribution in [3.05, 3.63) is 23.0 Å². The minimum absolute atomic E-state index is 0.143. The summed E-state index contributed by atoms with van der Waals surface area (Å²) in [6.07, 6.45) is 0. The van der Waals surface area contributed by atoms with E-state index < -0.39 is 5.91 Å². The van der Waals surface area contributed by atoms with Gasteiger partial charge in [-0.3, -0.25) is 9.47 Å². The minimum Gasteiger partial charge on any atom is -0.364 e. The van der Waals surface area contributed by atoms with Gasteiger partial charge in [-0.2, -0.15) is 5.26 Å². The number of rotatable bonds is 1. The summed E-state index contributed by atoms with van der Waals surface area (Å²) in [7, 11) is 0. The van der Waals surface area contributed by atoms with E-state index in [1.807, 2.05) is 6.07 Å². The molecule has 0 bridgehead atoms. The lowest BCUT2D eigenvalue weighted by Crippen LogP contribution is -2.22. The van der Waals surface area contributed by atoms with Crippen molar-refractivity contribution < 1.29 is 4.79 Å². The number of nitrogen functional groups attached to an aromatic ring is 1. The minimum atomic E-state index is -0.637. The van der Waals surface area contributed by atoms with Crippen LogP contribution in [0.15, 0.2) is 6.07 Å². The van der Waals surface area contributed by atoms with Gasteiger partial charge in [0.2, 0.25) is 0 Å². The molecule has 0 saturated carbocycles. The summed E-state index contributed by atoms with van der Waals surface area (Å²) in [5.74, 6) is 4.81. The average molecular weight is 164 g/mol. The average Bonchev–Trinajstić information content (AvgIpc) is 2.30. The Hall–Kier alpha value is -1.96. The highest BCUT2D eigenvalue weighted by molar-refractivity contribution is 5.92. The number of hydrogen-bond acceptors (Lipinski definition) is 3. The second kappa shape index (κ2) is 2.58. The molecule has 0 aliphatic heterocycles. The summed E-state index contributed by atoms with van der Waals surface area (Å²) >= 11 is 0. The van der Waals surface area contributed by atoms with Crippen LogP contribution in [-0.4, -0.2) is 10.6 Å². The number of carbonyl (C=O) groups excluding carboxylic acids is 1. The monoisotopic (exact) mass is 164 g/mol. The van der Waals surface area contributed by atoms with Gasteiger partial charge >= 0.3 is 0 Å². The van der Waals surface area contributed by atoms with Gasteiger partial charge in [-0.15, -0.1) is 0 Å². The molecule has 0 atom stereocenters. The first-order chi connectivity index (χ1) is 5.57. The zero-order chi connectivity index (χ0) is 9.30. The van der Waals surface area contributed by atoms with E-state index in [1.54, 1.807) is 6.92 Å². The molecule has 5 nitrogen and oxygen atoms in total. The van der Waals surface area contributed by atoms with Crippen LogP contribution < -0.4 is 11.6 Å². The number of amides is 1. The van der Waals surface area contributed by atoms with Crippen molar-refractivity contribution >= 4 is 5.91 Å². The molecule has 1 aromatic heterocycles. The van der Waals surface area contributed by atoms with Crippen LogP contribution >= 0.6 is 0 Å². The Kier molecular flexibility index (Phi) is 1.75. The Morgan fingerprint density at radius 1 is 1.75 bits per heavy atom. The fourth-order valence-corrected chi connectivity index (χ4v) is 0.924. The zero-order valence-corrected chi connectivity index (χ0v) is 6.53. The van der Waals surface area contributed by atoms with E-state index in [2.05, 4.69) is 0 Å². The number of hydrogen-bond donors (Lipinski definition) is 2. The molecule has 0 spiro atoms. The van der Waals surface area contributed by atoms with Gasteiger partial charge in [-0.25, -0.2) is 0 Å². The molecule has 62 valence electrons. The first kappa shape index (κ1) is 8.14. The van der Waals surface area contributed by atoms with Crippen molar-refractivity contribution in [2.45, 2.75) is 6.92 Å². The number of carbonyl (C=O) groups is 1. The molecule has 1 aromatic rings. The van der Waals surface area contributed by atoms with Gasteiger partial charge in [0.05, 0.1) is 11.3 Å². The van der Waals surface area contributed by atoms with Gasteiger partial charge in [-0.05, 0) is 13.0 Å². The number of nitriles is 1. The number of primary amides is 1. The third kappa shape index (κ3) is 0.992. The summed E-state index contributed by atoms with van der Waals surface area (Å²) in [5.41, 5.74) is 6.05. The van der Waals surface area contributed by atoms with E-state index in [-0.39, 0.29) is 5.69 Å². The van der Waals surface area contributed by atoms with Gasteiger partial charge < -0.3 is 11.6 Å². The molecule has 0 fully saturated rings. The maximum absolute atomic E-state index is 10.7. The SMILES string of the molecule is Cc1c(C#N)cc(C(N)=O)n1N. The topological polar surface area (TPSA) is 97.8 Å². The van der Waals surface area contributed by atoms with Crippen LogP contribution in [0.25, 0.3) is 0 Å². The van der Waals surface area contributed by atoms with Gasteiger partial charge in [0.25, 0.3) is 5.91 Å². The predicted octanol–water partition coefficient (Wildman–Crippen LogP) is -0.519. The lowest BCUT2D eigenvalue weighted by atomic mass is 10.3. The second-order valence-electron chi connectivity index (χ2n) is 2.37. The van der Waals surface area contributed by atoms with E-state index in [9.17, 15) is 4.79 Å². The Morgan fingerprint density at radius 2 is 2.33 bits per heavy atom. The zero-order valence-electron chi connectivity index (χ0n) is 6.53. The van der Waals surface area contributed by atoms with Crippen LogP contribution in [0, 0.1) is 18.3 Å². The van der Waals surface area contributed by atoms with Crippen LogP contribution in [-0.2, 0) is 0 Å². The molecule has 1 amide bonds. The molecule has 1 heterocycles. The first-order valence-electron chi connectivity index (χ1n) is 3.25. The summed E-state index contributed by atoms with van der Waals surface area (Å²) in [6.45, 7) is 1.64. The van der Waals surface area contributed by atoms with E-state index in [0.717, 1.165) is 4.68 Å². The molecule has 0 aliphatic rings. The molecule has 0 saturated heterocycles. The smallest absolute Gasteiger partial charge is 0.267 e. The van der Waals surface area contributed by atoms with Crippen molar-refractivity contribution in [3.8, 4) is 6.07 Å². The van der Waals surface area contributed by atoms with E-state index in [4.69, 9.17) is 16.8 Å².